The first-order valence-corrected chi connectivity index (χ1v) is 13.5. The van der Waals surface area contributed by atoms with Gasteiger partial charge in [0, 0.05) is 55.2 Å². The molecule has 3 saturated heterocycles. The van der Waals surface area contributed by atoms with Crippen LogP contribution in [0.1, 0.15) is 59.2 Å². The van der Waals surface area contributed by atoms with Crippen LogP contribution in [0.2, 0.25) is 0 Å². The molecule has 4 aliphatic rings. The molecule has 4 aliphatic heterocycles. The summed E-state index contributed by atoms with van der Waals surface area (Å²) in [6.07, 6.45) is 5.03. The number of halogens is 1. The Morgan fingerprint density at radius 2 is 2.00 bits per heavy atom. The molecule has 2 amide bonds. The monoisotopic (exact) mass is 506 g/mol. The van der Waals surface area contributed by atoms with Crippen molar-refractivity contribution in [3.8, 4) is 0 Å². The Labute approximate surface area is 217 Å². The lowest BCUT2D eigenvalue weighted by Crippen LogP contribution is -2.50. The van der Waals surface area contributed by atoms with Gasteiger partial charge >= 0.3 is 0 Å². The number of carbonyl (C=O) groups excluding carboxylic acids is 2. The standard InChI is InChI=1S/C29H35FN4O3/c30-24-15-20(17-33-12-8-29(9-13-33)10-14-37-19-29)6-7-21(24)16-32-25-4-1-3-22-23(25)18-34(28(22)36)26-5-2-11-31-27(26)35/h1,3-4,6-7,15,26,32H,2,5,8-14,16-19H2,(H,31,35). The van der Waals surface area contributed by atoms with Gasteiger partial charge in [0.1, 0.15) is 11.9 Å². The lowest BCUT2D eigenvalue weighted by Gasteiger charge is -2.38. The molecule has 7 nitrogen and oxygen atoms in total. The van der Waals surface area contributed by atoms with Crippen molar-refractivity contribution in [2.75, 3.05) is 38.2 Å². The Kier molecular flexibility index (Phi) is 6.63. The minimum Gasteiger partial charge on any atom is -0.381 e. The van der Waals surface area contributed by atoms with Gasteiger partial charge in [-0.1, -0.05) is 18.2 Å². The maximum Gasteiger partial charge on any atom is 0.255 e. The number of likely N-dealkylation sites (tertiary alicyclic amines) is 1. The number of benzene rings is 2. The Morgan fingerprint density at radius 3 is 2.76 bits per heavy atom. The maximum absolute atomic E-state index is 15.0. The third kappa shape index (κ3) is 4.84. The third-order valence-electron chi connectivity index (χ3n) is 8.72. The van der Waals surface area contributed by atoms with E-state index >= 15 is 4.39 Å². The SMILES string of the molecule is O=C1NCCCC1N1Cc2c(NCc3ccc(CN4CCC5(CCOC5)CC4)cc3F)cccc2C1=O. The van der Waals surface area contributed by atoms with Gasteiger partial charge in [-0.05, 0) is 74.4 Å². The number of hydrogen-bond acceptors (Lipinski definition) is 5. The average Bonchev–Trinajstić information content (AvgIpc) is 3.50. The van der Waals surface area contributed by atoms with E-state index in [-0.39, 0.29) is 17.6 Å². The van der Waals surface area contributed by atoms with Gasteiger partial charge in [-0.15, -0.1) is 0 Å². The smallest absolute Gasteiger partial charge is 0.255 e. The molecule has 4 heterocycles. The highest BCUT2D eigenvalue weighted by atomic mass is 19.1. The van der Waals surface area contributed by atoms with E-state index in [0.29, 0.717) is 42.6 Å². The van der Waals surface area contributed by atoms with Gasteiger partial charge in [0.2, 0.25) is 5.91 Å². The molecule has 0 bridgehead atoms. The number of fused-ring (bicyclic) bond motifs is 1. The Hall–Kier alpha value is -2.97. The molecule has 0 aromatic heterocycles. The molecule has 2 aromatic rings. The van der Waals surface area contributed by atoms with Crippen LogP contribution in [0.3, 0.4) is 0 Å². The fraction of sp³-hybridized carbons (Fsp3) is 0.517. The summed E-state index contributed by atoms with van der Waals surface area (Å²) in [6.45, 7) is 5.99. The van der Waals surface area contributed by atoms with Gasteiger partial charge in [0.05, 0.1) is 6.61 Å². The summed E-state index contributed by atoms with van der Waals surface area (Å²) in [5.41, 5.74) is 4.26. The number of hydrogen-bond donors (Lipinski definition) is 2. The lowest BCUT2D eigenvalue weighted by molar-refractivity contribution is -0.127. The first kappa shape index (κ1) is 24.4. The average molecular weight is 507 g/mol. The Morgan fingerprint density at radius 1 is 1.14 bits per heavy atom. The molecule has 1 atom stereocenters. The molecule has 0 radical (unpaired) electrons. The normalized spacial score (nSPS) is 23.4. The molecule has 2 N–H and O–H groups in total. The summed E-state index contributed by atoms with van der Waals surface area (Å²) in [5, 5.41) is 6.21. The molecule has 0 aliphatic carbocycles. The summed E-state index contributed by atoms with van der Waals surface area (Å²) >= 11 is 0. The van der Waals surface area contributed by atoms with Crippen LogP contribution in [0.5, 0.6) is 0 Å². The number of nitrogens with zero attached hydrogens (tertiary/aromatic N) is 2. The van der Waals surface area contributed by atoms with Crippen molar-refractivity contribution < 1.29 is 18.7 Å². The van der Waals surface area contributed by atoms with Gasteiger partial charge in [0.25, 0.3) is 5.91 Å². The summed E-state index contributed by atoms with van der Waals surface area (Å²) in [4.78, 5) is 29.5. The highest BCUT2D eigenvalue weighted by Gasteiger charge is 2.39. The van der Waals surface area contributed by atoms with Gasteiger partial charge in [-0.2, -0.15) is 0 Å². The minimum atomic E-state index is -0.427. The van der Waals surface area contributed by atoms with Crippen molar-refractivity contribution in [1.82, 2.24) is 15.1 Å². The second kappa shape index (κ2) is 10.1. The predicted octanol–water partition coefficient (Wildman–Crippen LogP) is 3.67. The zero-order valence-electron chi connectivity index (χ0n) is 21.2. The van der Waals surface area contributed by atoms with Crippen LogP contribution >= 0.6 is 0 Å². The number of nitrogens with one attached hydrogen (secondary N) is 2. The number of carbonyl (C=O) groups is 2. The molecule has 6 rings (SSSR count). The highest BCUT2D eigenvalue weighted by Crippen LogP contribution is 2.39. The summed E-state index contributed by atoms with van der Waals surface area (Å²) in [5.74, 6) is -0.409. The van der Waals surface area contributed by atoms with E-state index in [1.807, 2.05) is 24.3 Å². The Balaban J connectivity index is 1.08. The molecule has 3 fully saturated rings. The van der Waals surface area contributed by atoms with Gasteiger partial charge < -0.3 is 20.3 Å². The van der Waals surface area contributed by atoms with E-state index in [9.17, 15) is 9.59 Å². The van der Waals surface area contributed by atoms with E-state index < -0.39 is 6.04 Å². The number of piperidine rings is 2. The molecular formula is C29H35FN4O3. The van der Waals surface area contributed by atoms with Crippen molar-refractivity contribution in [2.45, 2.75) is 57.8 Å². The molecule has 1 spiro atoms. The highest BCUT2D eigenvalue weighted by molar-refractivity contribution is 6.02. The number of anilines is 1. The quantitative estimate of drug-likeness (QED) is 0.626. The van der Waals surface area contributed by atoms with Gasteiger partial charge in [-0.3, -0.25) is 14.5 Å². The van der Waals surface area contributed by atoms with Crippen LogP contribution in [-0.2, 0) is 29.2 Å². The maximum atomic E-state index is 15.0. The third-order valence-corrected chi connectivity index (χ3v) is 8.72. The zero-order chi connectivity index (χ0) is 25.4. The van der Waals surface area contributed by atoms with Crippen molar-refractivity contribution >= 4 is 17.5 Å². The second-order valence-electron chi connectivity index (χ2n) is 11.1. The number of rotatable bonds is 6. The first-order chi connectivity index (χ1) is 18.0. The predicted molar refractivity (Wildman–Crippen MR) is 138 cm³/mol. The van der Waals surface area contributed by atoms with Crippen molar-refractivity contribution in [2.24, 2.45) is 5.41 Å². The lowest BCUT2D eigenvalue weighted by atomic mass is 9.78. The fourth-order valence-electron chi connectivity index (χ4n) is 6.34. The summed E-state index contributed by atoms with van der Waals surface area (Å²) in [7, 11) is 0. The van der Waals surface area contributed by atoms with E-state index in [1.165, 1.54) is 6.42 Å². The molecule has 1 unspecified atom stereocenters. The van der Waals surface area contributed by atoms with Gasteiger partial charge in [0.15, 0.2) is 0 Å². The largest absolute Gasteiger partial charge is 0.381 e. The van der Waals surface area contributed by atoms with Crippen LogP contribution in [-0.4, -0.2) is 60.5 Å². The number of amides is 2. The van der Waals surface area contributed by atoms with E-state index in [2.05, 4.69) is 15.5 Å². The van der Waals surface area contributed by atoms with Gasteiger partial charge in [-0.25, -0.2) is 4.39 Å². The molecule has 0 saturated carbocycles. The fourth-order valence-corrected chi connectivity index (χ4v) is 6.34. The van der Waals surface area contributed by atoms with Crippen LogP contribution in [0.4, 0.5) is 10.1 Å². The van der Waals surface area contributed by atoms with E-state index in [0.717, 1.165) is 68.9 Å². The Bertz CT molecular complexity index is 1190. The van der Waals surface area contributed by atoms with Crippen LogP contribution in [0.25, 0.3) is 0 Å². The van der Waals surface area contributed by atoms with Crippen molar-refractivity contribution in [3.05, 3.63) is 64.5 Å². The zero-order valence-corrected chi connectivity index (χ0v) is 21.2. The van der Waals surface area contributed by atoms with Crippen LogP contribution < -0.4 is 10.6 Å². The number of ether oxygens (including phenoxy) is 1. The molecule has 37 heavy (non-hydrogen) atoms. The summed E-state index contributed by atoms with van der Waals surface area (Å²) < 4.78 is 20.7. The van der Waals surface area contributed by atoms with Crippen LogP contribution in [0, 0.1) is 11.2 Å². The second-order valence-corrected chi connectivity index (χ2v) is 11.1. The van der Waals surface area contributed by atoms with Crippen molar-refractivity contribution in [1.29, 1.82) is 0 Å². The van der Waals surface area contributed by atoms with Crippen molar-refractivity contribution in [3.63, 3.8) is 0 Å². The molecule has 2 aromatic carbocycles. The molecular weight excluding hydrogens is 471 g/mol. The van der Waals surface area contributed by atoms with E-state index in [4.69, 9.17) is 4.74 Å². The molecule has 196 valence electrons. The summed E-state index contributed by atoms with van der Waals surface area (Å²) in [6, 6.07) is 10.7. The minimum absolute atomic E-state index is 0.0827. The van der Waals surface area contributed by atoms with Crippen LogP contribution in [0.15, 0.2) is 36.4 Å². The first-order valence-electron chi connectivity index (χ1n) is 13.5. The topological polar surface area (TPSA) is 73.9 Å². The molecule has 8 heteroatoms. The van der Waals surface area contributed by atoms with E-state index in [1.54, 1.807) is 17.0 Å².